The van der Waals surface area contributed by atoms with Crippen LogP contribution in [0.4, 0.5) is 0 Å². The van der Waals surface area contributed by atoms with Gasteiger partial charge in [0.2, 0.25) is 0 Å². The van der Waals surface area contributed by atoms with Crippen LogP contribution in [-0.2, 0) is 0 Å². The quantitative estimate of drug-likeness (QED) is 0.696. The van der Waals surface area contributed by atoms with Gasteiger partial charge in [-0.15, -0.1) is 0 Å². The first-order valence-corrected chi connectivity index (χ1v) is 8.02. The van der Waals surface area contributed by atoms with E-state index in [1.165, 1.54) is 7.11 Å². The molecule has 1 aromatic heterocycles. The lowest BCUT2D eigenvalue weighted by molar-refractivity contribution is 0.0724. The zero-order chi connectivity index (χ0) is 18.0. The Kier molecular flexibility index (Phi) is 4.65. The predicted molar refractivity (Wildman–Crippen MR) is 96.3 cm³/mol. The smallest absolute Gasteiger partial charge is 0.257 e. The van der Waals surface area contributed by atoms with Crippen LogP contribution in [0.3, 0.4) is 0 Å². The second-order valence-electron chi connectivity index (χ2n) is 5.84. The normalized spacial score (nSPS) is 12.0. The van der Waals surface area contributed by atoms with Gasteiger partial charge in [0.05, 0.1) is 25.8 Å². The van der Waals surface area contributed by atoms with Crippen LogP contribution in [0.15, 0.2) is 52.9 Å². The maximum Gasteiger partial charge on any atom is 0.257 e. The summed E-state index contributed by atoms with van der Waals surface area (Å²) in [5, 5.41) is 1.02. The van der Waals surface area contributed by atoms with E-state index in [4.69, 9.17) is 13.9 Å². The average molecular weight is 339 g/mol. The predicted octanol–water partition coefficient (Wildman–Crippen LogP) is 4.28. The molecule has 3 aromatic rings. The van der Waals surface area contributed by atoms with Gasteiger partial charge in [0.25, 0.3) is 5.91 Å². The highest BCUT2D eigenvalue weighted by Crippen LogP contribution is 2.30. The average Bonchev–Trinajstić information content (AvgIpc) is 3.09. The summed E-state index contributed by atoms with van der Waals surface area (Å²) in [6.45, 7) is 1.94. The fourth-order valence-corrected chi connectivity index (χ4v) is 2.74. The molecule has 1 heterocycles. The van der Waals surface area contributed by atoms with Crippen LogP contribution in [-0.4, -0.2) is 32.1 Å². The Bertz CT molecular complexity index is 867. The fourth-order valence-electron chi connectivity index (χ4n) is 2.74. The Balaban J connectivity index is 1.88. The van der Waals surface area contributed by atoms with E-state index in [0.29, 0.717) is 17.1 Å². The molecule has 1 atom stereocenters. The monoisotopic (exact) mass is 339 g/mol. The summed E-state index contributed by atoms with van der Waals surface area (Å²) in [7, 11) is 4.87. The third-order valence-corrected chi connectivity index (χ3v) is 4.40. The highest BCUT2D eigenvalue weighted by molar-refractivity contribution is 5.97. The number of nitrogens with zero attached hydrogens (tertiary/aromatic N) is 1. The summed E-state index contributed by atoms with van der Waals surface area (Å²) in [5.74, 6) is 1.71. The number of methoxy groups -OCH3 is 2. The number of carbonyl (C=O) groups is 1. The minimum absolute atomic E-state index is 0.146. The van der Waals surface area contributed by atoms with Crippen molar-refractivity contribution in [3.63, 3.8) is 0 Å². The van der Waals surface area contributed by atoms with Crippen LogP contribution in [0.25, 0.3) is 11.0 Å². The minimum Gasteiger partial charge on any atom is -0.497 e. The van der Waals surface area contributed by atoms with E-state index < -0.39 is 0 Å². The van der Waals surface area contributed by atoms with E-state index in [2.05, 4.69) is 0 Å². The first-order valence-electron chi connectivity index (χ1n) is 8.02. The molecule has 0 saturated carbocycles. The lowest BCUT2D eigenvalue weighted by Gasteiger charge is -2.24. The molecule has 0 aliphatic heterocycles. The van der Waals surface area contributed by atoms with E-state index >= 15 is 0 Å². The van der Waals surface area contributed by atoms with Crippen LogP contribution in [0.2, 0.25) is 0 Å². The SMILES string of the molecule is COc1ccc(C(=O)N(C)C(C)c2cc3ccccc3o2)c(OC)c1. The summed E-state index contributed by atoms with van der Waals surface area (Å²) in [4.78, 5) is 14.6. The first-order chi connectivity index (χ1) is 12.0. The van der Waals surface area contributed by atoms with Gasteiger partial charge in [0.1, 0.15) is 22.8 Å². The molecule has 0 bridgehead atoms. The lowest BCUT2D eigenvalue weighted by atomic mass is 10.1. The summed E-state index contributed by atoms with van der Waals surface area (Å²) >= 11 is 0. The number of fused-ring (bicyclic) bond motifs is 1. The van der Waals surface area contributed by atoms with Crippen LogP contribution >= 0.6 is 0 Å². The maximum absolute atomic E-state index is 12.9. The van der Waals surface area contributed by atoms with Crippen LogP contribution in [0, 0.1) is 0 Å². The van der Waals surface area contributed by atoms with E-state index in [-0.39, 0.29) is 11.9 Å². The number of carbonyl (C=O) groups excluding carboxylic acids is 1. The van der Waals surface area contributed by atoms with E-state index in [0.717, 1.165) is 16.7 Å². The summed E-state index contributed by atoms with van der Waals surface area (Å²) in [6.07, 6.45) is 0. The largest absolute Gasteiger partial charge is 0.497 e. The first kappa shape index (κ1) is 16.9. The molecular weight excluding hydrogens is 318 g/mol. The lowest BCUT2D eigenvalue weighted by Crippen LogP contribution is -2.29. The number of amides is 1. The number of rotatable bonds is 5. The van der Waals surface area contributed by atoms with Crippen molar-refractivity contribution in [3.05, 3.63) is 59.9 Å². The summed E-state index contributed by atoms with van der Waals surface area (Å²) < 4.78 is 16.4. The number of hydrogen-bond acceptors (Lipinski definition) is 4. The van der Waals surface area contributed by atoms with Gasteiger partial charge in [-0.3, -0.25) is 4.79 Å². The van der Waals surface area contributed by atoms with Crippen molar-refractivity contribution in [2.75, 3.05) is 21.3 Å². The second kappa shape index (κ2) is 6.89. The molecule has 2 aromatic carbocycles. The standard InChI is InChI=1S/C20H21NO4/c1-13(18-11-14-7-5-6-8-17(14)25-18)21(2)20(22)16-10-9-15(23-3)12-19(16)24-4/h5-13H,1-4H3. The molecule has 0 saturated heterocycles. The number of benzene rings is 2. The number of para-hydroxylation sites is 1. The van der Waals surface area contributed by atoms with Gasteiger partial charge in [-0.25, -0.2) is 0 Å². The van der Waals surface area contributed by atoms with E-state index in [1.54, 1.807) is 37.3 Å². The second-order valence-corrected chi connectivity index (χ2v) is 5.84. The molecule has 5 heteroatoms. The number of furan rings is 1. The zero-order valence-electron chi connectivity index (χ0n) is 14.8. The number of hydrogen-bond donors (Lipinski definition) is 0. The molecule has 0 radical (unpaired) electrons. The Morgan fingerprint density at radius 1 is 1.08 bits per heavy atom. The van der Waals surface area contributed by atoms with Crippen molar-refractivity contribution in [1.29, 1.82) is 0 Å². The molecule has 0 aliphatic carbocycles. The molecule has 130 valence electrons. The molecular formula is C20H21NO4. The van der Waals surface area contributed by atoms with E-state index in [1.807, 2.05) is 37.3 Å². The molecule has 0 fully saturated rings. The molecule has 5 nitrogen and oxygen atoms in total. The molecule has 1 unspecified atom stereocenters. The third kappa shape index (κ3) is 3.18. The molecule has 1 amide bonds. The van der Waals surface area contributed by atoms with Gasteiger partial charge < -0.3 is 18.8 Å². The van der Waals surface area contributed by atoms with Crippen LogP contribution < -0.4 is 9.47 Å². The third-order valence-electron chi connectivity index (χ3n) is 4.40. The van der Waals surface area contributed by atoms with Crippen molar-refractivity contribution >= 4 is 16.9 Å². The topological polar surface area (TPSA) is 51.9 Å². The summed E-state index contributed by atoms with van der Waals surface area (Å²) in [6, 6.07) is 14.7. The van der Waals surface area contributed by atoms with Crippen molar-refractivity contribution in [1.82, 2.24) is 4.90 Å². The van der Waals surface area contributed by atoms with Gasteiger partial charge in [-0.2, -0.15) is 0 Å². The van der Waals surface area contributed by atoms with Crippen LogP contribution in [0.5, 0.6) is 11.5 Å². The Labute approximate surface area is 146 Å². The van der Waals surface area contributed by atoms with Gasteiger partial charge >= 0.3 is 0 Å². The highest BCUT2D eigenvalue weighted by Gasteiger charge is 2.24. The summed E-state index contributed by atoms with van der Waals surface area (Å²) in [5.41, 5.74) is 1.29. The van der Waals surface area contributed by atoms with Gasteiger partial charge in [0, 0.05) is 18.5 Å². The van der Waals surface area contributed by atoms with E-state index in [9.17, 15) is 4.79 Å². The molecule has 0 aliphatic rings. The van der Waals surface area contributed by atoms with Crippen molar-refractivity contribution in [2.24, 2.45) is 0 Å². The van der Waals surface area contributed by atoms with Crippen molar-refractivity contribution in [3.8, 4) is 11.5 Å². The number of ether oxygens (including phenoxy) is 2. The van der Waals surface area contributed by atoms with Gasteiger partial charge in [-0.1, -0.05) is 18.2 Å². The maximum atomic E-state index is 12.9. The highest BCUT2D eigenvalue weighted by atomic mass is 16.5. The Morgan fingerprint density at radius 3 is 2.52 bits per heavy atom. The Morgan fingerprint density at radius 2 is 1.84 bits per heavy atom. The van der Waals surface area contributed by atoms with Gasteiger partial charge in [-0.05, 0) is 31.2 Å². The zero-order valence-corrected chi connectivity index (χ0v) is 14.8. The van der Waals surface area contributed by atoms with Crippen molar-refractivity contribution in [2.45, 2.75) is 13.0 Å². The molecule has 0 N–H and O–H groups in total. The molecule has 0 spiro atoms. The molecule has 3 rings (SSSR count). The Hall–Kier alpha value is -2.95. The molecule has 25 heavy (non-hydrogen) atoms. The van der Waals surface area contributed by atoms with Crippen LogP contribution in [0.1, 0.15) is 29.1 Å². The van der Waals surface area contributed by atoms with Gasteiger partial charge in [0.15, 0.2) is 0 Å². The van der Waals surface area contributed by atoms with Crippen molar-refractivity contribution < 1.29 is 18.7 Å². The fraction of sp³-hybridized carbons (Fsp3) is 0.250. The minimum atomic E-state index is -0.216.